The predicted molar refractivity (Wildman–Crippen MR) is 96.4 cm³/mol. The lowest BCUT2D eigenvalue weighted by atomic mass is 10.3. The van der Waals surface area contributed by atoms with Crippen molar-refractivity contribution in [1.29, 1.82) is 0 Å². The van der Waals surface area contributed by atoms with Crippen LogP contribution in [-0.4, -0.2) is 32.2 Å². The van der Waals surface area contributed by atoms with Crippen molar-refractivity contribution in [3.8, 4) is 0 Å². The topological polar surface area (TPSA) is 66.5 Å². The molecule has 1 N–H and O–H groups in total. The SMILES string of the molecule is CN(CC(=O)Nc1ccc(Cl)c(Cl)c1)S(=O)(=O)c1cccc(Cl)c1. The quantitative estimate of drug-likeness (QED) is 0.817. The molecule has 9 heteroatoms. The van der Waals surface area contributed by atoms with Crippen LogP contribution in [0.3, 0.4) is 0 Å². The molecular weight excluding hydrogens is 395 g/mol. The van der Waals surface area contributed by atoms with Gasteiger partial charge in [0.25, 0.3) is 0 Å². The number of hydrogen-bond donors (Lipinski definition) is 1. The molecule has 0 atom stereocenters. The number of nitrogens with zero attached hydrogens (tertiary/aromatic N) is 1. The van der Waals surface area contributed by atoms with Gasteiger partial charge >= 0.3 is 0 Å². The molecule has 0 aromatic heterocycles. The third-order valence-electron chi connectivity index (χ3n) is 3.07. The number of sulfonamides is 1. The summed E-state index contributed by atoms with van der Waals surface area (Å²) in [5.41, 5.74) is 0.419. The zero-order chi connectivity index (χ0) is 17.9. The molecule has 0 aliphatic heterocycles. The van der Waals surface area contributed by atoms with Crippen LogP contribution in [0.4, 0.5) is 5.69 Å². The van der Waals surface area contributed by atoms with Crippen molar-refractivity contribution in [3.63, 3.8) is 0 Å². The summed E-state index contributed by atoms with van der Waals surface area (Å²) in [7, 11) is -2.51. The molecule has 0 aliphatic carbocycles. The van der Waals surface area contributed by atoms with Gasteiger partial charge in [0.15, 0.2) is 0 Å². The van der Waals surface area contributed by atoms with Crippen molar-refractivity contribution in [2.45, 2.75) is 4.90 Å². The van der Waals surface area contributed by atoms with E-state index >= 15 is 0 Å². The molecule has 0 bridgehead atoms. The van der Waals surface area contributed by atoms with Gasteiger partial charge < -0.3 is 5.32 Å². The molecule has 1 amide bonds. The molecule has 0 spiro atoms. The van der Waals surface area contributed by atoms with E-state index in [1.165, 1.54) is 37.4 Å². The molecule has 5 nitrogen and oxygen atoms in total. The van der Waals surface area contributed by atoms with E-state index in [0.29, 0.717) is 15.7 Å². The van der Waals surface area contributed by atoms with Crippen LogP contribution in [0.2, 0.25) is 15.1 Å². The highest BCUT2D eigenvalue weighted by Gasteiger charge is 2.23. The van der Waals surface area contributed by atoms with Crippen molar-refractivity contribution in [2.24, 2.45) is 0 Å². The molecule has 2 rings (SSSR count). The summed E-state index contributed by atoms with van der Waals surface area (Å²) in [6, 6.07) is 10.4. The Labute approximate surface area is 155 Å². The van der Waals surface area contributed by atoms with Gasteiger partial charge in [-0.2, -0.15) is 4.31 Å². The Balaban J connectivity index is 2.09. The lowest BCUT2D eigenvalue weighted by Crippen LogP contribution is -2.34. The number of amides is 1. The van der Waals surface area contributed by atoms with Gasteiger partial charge in [0.2, 0.25) is 15.9 Å². The third-order valence-corrected chi connectivity index (χ3v) is 5.85. The first-order valence-electron chi connectivity index (χ1n) is 6.67. The van der Waals surface area contributed by atoms with Crippen LogP contribution in [0.25, 0.3) is 0 Å². The zero-order valence-corrected chi connectivity index (χ0v) is 15.5. The number of anilines is 1. The minimum absolute atomic E-state index is 0.0137. The molecule has 0 aliphatic rings. The summed E-state index contributed by atoms with van der Waals surface area (Å²) < 4.78 is 25.8. The summed E-state index contributed by atoms with van der Waals surface area (Å²) in [6.07, 6.45) is 0. The largest absolute Gasteiger partial charge is 0.325 e. The fourth-order valence-corrected chi connectivity index (χ4v) is 3.60. The summed E-state index contributed by atoms with van der Waals surface area (Å²) in [5.74, 6) is -0.513. The normalized spacial score (nSPS) is 11.5. The van der Waals surface area contributed by atoms with Crippen molar-refractivity contribution in [3.05, 3.63) is 57.5 Å². The average molecular weight is 408 g/mol. The van der Waals surface area contributed by atoms with Gasteiger partial charge in [0.1, 0.15) is 0 Å². The summed E-state index contributed by atoms with van der Waals surface area (Å²) >= 11 is 17.5. The highest BCUT2D eigenvalue weighted by atomic mass is 35.5. The average Bonchev–Trinajstić information content (AvgIpc) is 2.50. The molecular formula is C15H13Cl3N2O3S. The summed E-state index contributed by atoms with van der Waals surface area (Å²) in [6.45, 7) is -0.366. The second kappa shape index (κ2) is 7.72. The summed E-state index contributed by atoms with van der Waals surface area (Å²) in [4.78, 5) is 12.1. The van der Waals surface area contributed by atoms with Crippen LogP contribution in [0.1, 0.15) is 0 Å². The minimum Gasteiger partial charge on any atom is -0.325 e. The van der Waals surface area contributed by atoms with Gasteiger partial charge in [0, 0.05) is 17.8 Å². The van der Waals surface area contributed by atoms with Gasteiger partial charge in [-0.05, 0) is 36.4 Å². The van der Waals surface area contributed by atoms with Crippen molar-refractivity contribution >= 4 is 56.4 Å². The van der Waals surface area contributed by atoms with Gasteiger partial charge in [-0.1, -0.05) is 40.9 Å². The van der Waals surface area contributed by atoms with Gasteiger partial charge in [0.05, 0.1) is 21.5 Å². The molecule has 24 heavy (non-hydrogen) atoms. The molecule has 2 aromatic carbocycles. The number of rotatable bonds is 5. The van der Waals surface area contributed by atoms with E-state index in [9.17, 15) is 13.2 Å². The molecule has 0 unspecified atom stereocenters. The molecule has 128 valence electrons. The summed E-state index contributed by atoms with van der Waals surface area (Å²) in [5, 5.41) is 3.50. The van der Waals surface area contributed by atoms with Gasteiger partial charge in [-0.3, -0.25) is 4.79 Å². The van der Waals surface area contributed by atoms with Crippen LogP contribution in [0, 0.1) is 0 Å². The zero-order valence-electron chi connectivity index (χ0n) is 12.5. The van der Waals surface area contributed by atoms with E-state index in [1.807, 2.05) is 0 Å². The molecule has 0 saturated carbocycles. The monoisotopic (exact) mass is 406 g/mol. The number of nitrogens with one attached hydrogen (secondary N) is 1. The fraction of sp³-hybridized carbons (Fsp3) is 0.133. The van der Waals surface area contributed by atoms with E-state index in [-0.39, 0.29) is 16.5 Å². The van der Waals surface area contributed by atoms with Crippen molar-refractivity contribution < 1.29 is 13.2 Å². The van der Waals surface area contributed by atoms with E-state index in [1.54, 1.807) is 12.1 Å². The lowest BCUT2D eigenvalue weighted by molar-refractivity contribution is -0.116. The minimum atomic E-state index is -3.82. The highest BCUT2D eigenvalue weighted by Crippen LogP contribution is 2.25. The predicted octanol–water partition coefficient (Wildman–Crippen LogP) is 3.91. The lowest BCUT2D eigenvalue weighted by Gasteiger charge is -2.17. The van der Waals surface area contributed by atoms with E-state index in [4.69, 9.17) is 34.8 Å². The van der Waals surface area contributed by atoms with Crippen molar-refractivity contribution in [2.75, 3.05) is 18.9 Å². The van der Waals surface area contributed by atoms with E-state index in [2.05, 4.69) is 5.32 Å². The first kappa shape index (κ1) is 19.0. The maximum absolute atomic E-state index is 12.4. The third kappa shape index (κ3) is 4.62. The molecule has 0 saturated heterocycles. The van der Waals surface area contributed by atoms with Crippen LogP contribution in [0.5, 0.6) is 0 Å². The smallest absolute Gasteiger partial charge is 0.243 e. The van der Waals surface area contributed by atoms with Crippen molar-refractivity contribution in [1.82, 2.24) is 4.31 Å². The van der Waals surface area contributed by atoms with Gasteiger partial charge in [-0.25, -0.2) is 8.42 Å². The Kier molecular flexibility index (Phi) is 6.11. The molecule has 0 heterocycles. The number of benzene rings is 2. The molecule has 0 fully saturated rings. The van der Waals surface area contributed by atoms with E-state index in [0.717, 1.165) is 4.31 Å². The van der Waals surface area contributed by atoms with Gasteiger partial charge in [-0.15, -0.1) is 0 Å². The first-order valence-corrected chi connectivity index (χ1v) is 9.24. The second-order valence-corrected chi connectivity index (χ2v) is 8.19. The maximum atomic E-state index is 12.4. The Bertz CT molecular complexity index is 872. The highest BCUT2D eigenvalue weighted by molar-refractivity contribution is 7.89. The number of carbonyl (C=O) groups is 1. The Morgan fingerprint density at radius 2 is 1.79 bits per heavy atom. The molecule has 0 radical (unpaired) electrons. The van der Waals surface area contributed by atoms with Crippen LogP contribution in [0.15, 0.2) is 47.4 Å². The number of halogens is 3. The molecule has 2 aromatic rings. The Morgan fingerprint density at radius 1 is 1.08 bits per heavy atom. The Hall–Kier alpha value is -1.31. The fourth-order valence-electron chi connectivity index (χ4n) is 1.87. The standard InChI is InChI=1S/C15H13Cl3N2O3S/c1-20(24(22,23)12-4-2-3-10(16)7-12)9-15(21)19-11-5-6-13(17)14(18)8-11/h2-8H,9H2,1H3,(H,19,21). The van der Waals surface area contributed by atoms with E-state index < -0.39 is 15.9 Å². The maximum Gasteiger partial charge on any atom is 0.243 e. The van der Waals surface area contributed by atoms with Crippen LogP contribution < -0.4 is 5.32 Å². The second-order valence-electron chi connectivity index (χ2n) is 4.90. The number of carbonyl (C=O) groups excluding carboxylic acids is 1. The Morgan fingerprint density at radius 3 is 2.42 bits per heavy atom. The number of likely N-dealkylation sites (N-methyl/N-ethyl adjacent to an activating group) is 1. The first-order chi connectivity index (χ1) is 11.2. The van der Waals surface area contributed by atoms with Crippen LogP contribution in [-0.2, 0) is 14.8 Å². The number of hydrogen-bond acceptors (Lipinski definition) is 3. The van der Waals surface area contributed by atoms with Crippen LogP contribution >= 0.6 is 34.8 Å².